The predicted octanol–water partition coefficient (Wildman–Crippen LogP) is 1.01. The first-order valence-corrected chi connectivity index (χ1v) is 12.3. The first kappa shape index (κ1) is 27.0. The highest BCUT2D eigenvalue weighted by Gasteiger charge is 2.54. The van der Waals surface area contributed by atoms with Crippen molar-refractivity contribution in [1.29, 1.82) is 0 Å². The van der Waals surface area contributed by atoms with Crippen LogP contribution in [0.1, 0.15) is 56.3 Å². The highest BCUT2D eigenvalue weighted by molar-refractivity contribution is 5.99. The second-order valence-corrected chi connectivity index (χ2v) is 10.0. The minimum Gasteiger partial charge on any atom is -0.394 e. The maximum Gasteiger partial charge on any atom is 0.245 e. The van der Waals surface area contributed by atoms with Crippen LogP contribution in [0.2, 0.25) is 0 Å². The molecule has 0 bridgehead atoms. The van der Waals surface area contributed by atoms with Crippen LogP contribution in [0.15, 0.2) is 30.3 Å². The third-order valence-electron chi connectivity index (χ3n) is 6.83. The topological polar surface area (TPSA) is 145 Å². The molecule has 1 heterocycles. The highest BCUT2D eigenvalue weighted by Crippen LogP contribution is 2.32. The highest BCUT2D eigenvalue weighted by atomic mass is 16.6. The number of aliphatic hydroxyl groups is 2. The molecule has 2 fully saturated rings. The summed E-state index contributed by atoms with van der Waals surface area (Å²) < 4.78 is 5.15. The Balaban J connectivity index is 1.60. The molecule has 4 N–H and O–H groups in total. The number of hydrogen-bond donors (Lipinski definition) is 4. The van der Waals surface area contributed by atoms with Gasteiger partial charge in [-0.3, -0.25) is 19.2 Å². The third kappa shape index (κ3) is 6.74. The quantitative estimate of drug-likeness (QED) is 0.254. The van der Waals surface area contributed by atoms with Gasteiger partial charge in [-0.15, -0.1) is 0 Å². The van der Waals surface area contributed by atoms with Crippen molar-refractivity contribution in [2.75, 3.05) is 19.8 Å². The van der Waals surface area contributed by atoms with Crippen molar-refractivity contribution in [2.45, 2.75) is 63.6 Å². The van der Waals surface area contributed by atoms with Crippen LogP contribution in [0.25, 0.3) is 0 Å². The van der Waals surface area contributed by atoms with Crippen molar-refractivity contribution in [3.63, 3.8) is 0 Å². The largest absolute Gasteiger partial charge is 0.394 e. The lowest BCUT2D eigenvalue weighted by molar-refractivity contribution is -0.135. The summed E-state index contributed by atoms with van der Waals surface area (Å²) in [5, 5.41) is 24.5. The Labute approximate surface area is 205 Å². The average molecular weight is 489 g/mol. The van der Waals surface area contributed by atoms with E-state index >= 15 is 0 Å². The SMILES string of the molecule is CC(C)CC(NC(=O)C(CO)NC(=O)C1CCCC(C(=O)c2ccccc2)C1)C(=O)[C@@]1(CO)CO1. The fraction of sp³-hybridized carbons (Fsp3) is 0.615. The van der Waals surface area contributed by atoms with Crippen LogP contribution in [-0.4, -0.2) is 71.1 Å². The van der Waals surface area contributed by atoms with E-state index in [4.69, 9.17) is 4.74 Å². The molecule has 0 radical (unpaired) electrons. The Hall–Kier alpha value is -2.62. The third-order valence-corrected chi connectivity index (χ3v) is 6.83. The van der Waals surface area contributed by atoms with E-state index in [9.17, 15) is 29.4 Å². The zero-order valence-electron chi connectivity index (χ0n) is 20.4. The summed E-state index contributed by atoms with van der Waals surface area (Å²) in [4.78, 5) is 51.5. The van der Waals surface area contributed by atoms with E-state index in [0.29, 0.717) is 37.7 Å². The van der Waals surface area contributed by atoms with E-state index in [-0.39, 0.29) is 24.2 Å². The summed E-state index contributed by atoms with van der Waals surface area (Å²) in [6.45, 7) is 2.78. The minimum absolute atomic E-state index is 0.00898. The number of Topliss-reactive ketones (excluding diaryl/α,β-unsaturated/α-hetero) is 2. The Kier molecular flexibility index (Phi) is 9.15. The minimum atomic E-state index is -1.28. The molecular formula is C26H36N2O7. The Morgan fingerprint density at radius 3 is 2.26 bits per heavy atom. The van der Waals surface area contributed by atoms with Gasteiger partial charge in [-0.05, 0) is 31.6 Å². The molecule has 5 atom stereocenters. The summed E-state index contributed by atoms with van der Waals surface area (Å²) in [5.41, 5.74) is -0.667. The van der Waals surface area contributed by atoms with E-state index in [0.717, 1.165) is 0 Å². The first-order chi connectivity index (χ1) is 16.7. The van der Waals surface area contributed by atoms with Crippen LogP contribution < -0.4 is 10.6 Å². The van der Waals surface area contributed by atoms with Crippen LogP contribution in [0.4, 0.5) is 0 Å². The van der Waals surface area contributed by atoms with Crippen LogP contribution in [0.3, 0.4) is 0 Å². The van der Waals surface area contributed by atoms with Crippen molar-refractivity contribution in [3.8, 4) is 0 Å². The van der Waals surface area contributed by atoms with Gasteiger partial charge in [-0.2, -0.15) is 0 Å². The van der Waals surface area contributed by atoms with Crippen LogP contribution in [0.5, 0.6) is 0 Å². The normalized spacial score (nSPS) is 25.4. The van der Waals surface area contributed by atoms with Gasteiger partial charge in [0, 0.05) is 17.4 Å². The molecule has 1 aromatic carbocycles. The lowest BCUT2D eigenvalue weighted by Gasteiger charge is -2.29. The molecule has 9 nitrogen and oxygen atoms in total. The number of aliphatic hydroxyl groups excluding tert-OH is 2. The molecule has 0 spiro atoms. The fourth-order valence-corrected chi connectivity index (χ4v) is 4.68. The molecule has 1 aliphatic carbocycles. The van der Waals surface area contributed by atoms with Crippen molar-refractivity contribution < 1.29 is 34.1 Å². The van der Waals surface area contributed by atoms with Crippen molar-refractivity contribution in [1.82, 2.24) is 10.6 Å². The first-order valence-electron chi connectivity index (χ1n) is 12.3. The van der Waals surface area contributed by atoms with Gasteiger partial charge in [0.05, 0.1) is 25.9 Å². The van der Waals surface area contributed by atoms with E-state index < -0.39 is 54.4 Å². The van der Waals surface area contributed by atoms with Gasteiger partial charge in [-0.25, -0.2) is 0 Å². The molecule has 35 heavy (non-hydrogen) atoms. The van der Waals surface area contributed by atoms with E-state index in [1.807, 2.05) is 19.9 Å². The van der Waals surface area contributed by atoms with Crippen molar-refractivity contribution in [3.05, 3.63) is 35.9 Å². The molecule has 192 valence electrons. The molecule has 2 aliphatic rings. The van der Waals surface area contributed by atoms with E-state index in [1.54, 1.807) is 24.3 Å². The summed E-state index contributed by atoms with van der Waals surface area (Å²) in [7, 11) is 0. The zero-order chi connectivity index (χ0) is 25.6. The number of ketones is 2. The van der Waals surface area contributed by atoms with Gasteiger partial charge >= 0.3 is 0 Å². The average Bonchev–Trinajstić information content (AvgIpc) is 3.67. The molecule has 4 unspecified atom stereocenters. The number of hydrogen-bond acceptors (Lipinski definition) is 7. The number of carbonyl (C=O) groups is 4. The maximum atomic E-state index is 13.0. The molecule has 3 rings (SSSR count). The van der Waals surface area contributed by atoms with Gasteiger partial charge in [0.2, 0.25) is 11.8 Å². The summed E-state index contributed by atoms with van der Waals surface area (Å²) in [6.07, 6.45) is 2.72. The fourth-order valence-electron chi connectivity index (χ4n) is 4.68. The molecule has 1 aromatic rings. The summed E-state index contributed by atoms with van der Waals surface area (Å²) in [5.74, 6) is -2.13. The zero-order valence-corrected chi connectivity index (χ0v) is 20.4. The number of carbonyl (C=O) groups excluding carboxylic acids is 4. The second kappa shape index (κ2) is 11.9. The van der Waals surface area contributed by atoms with Crippen LogP contribution >= 0.6 is 0 Å². The summed E-state index contributed by atoms with van der Waals surface area (Å²) in [6, 6.07) is 6.83. The lowest BCUT2D eigenvalue weighted by atomic mass is 9.77. The monoisotopic (exact) mass is 488 g/mol. The molecule has 9 heteroatoms. The Bertz CT molecular complexity index is 914. The molecule has 2 amide bonds. The number of nitrogens with one attached hydrogen (secondary N) is 2. The van der Waals surface area contributed by atoms with Gasteiger partial charge in [-0.1, -0.05) is 50.6 Å². The number of ether oxygens (including phenoxy) is 1. The van der Waals surface area contributed by atoms with Crippen LogP contribution in [-0.2, 0) is 19.1 Å². The van der Waals surface area contributed by atoms with Crippen molar-refractivity contribution >= 4 is 23.4 Å². The van der Waals surface area contributed by atoms with Gasteiger partial charge in [0.15, 0.2) is 17.2 Å². The van der Waals surface area contributed by atoms with Crippen molar-refractivity contribution in [2.24, 2.45) is 17.8 Å². The summed E-state index contributed by atoms with van der Waals surface area (Å²) >= 11 is 0. The maximum absolute atomic E-state index is 13.0. The smallest absolute Gasteiger partial charge is 0.245 e. The molecule has 0 aromatic heterocycles. The second-order valence-electron chi connectivity index (χ2n) is 10.0. The molecule has 1 saturated heterocycles. The molecule has 1 aliphatic heterocycles. The molecule has 1 saturated carbocycles. The van der Waals surface area contributed by atoms with E-state index in [2.05, 4.69) is 10.6 Å². The lowest BCUT2D eigenvalue weighted by Crippen LogP contribution is -2.56. The van der Waals surface area contributed by atoms with Crippen LogP contribution in [0, 0.1) is 17.8 Å². The van der Waals surface area contributed by atoms with Gasteiger partial charge in [0.25, 0.3) is 0 Å². The predicted molar refractivity (Wildman–Crippen MR) is 127 cm³/mol. The number of amides is 2. The Morgan fingerprint density at radius 1 is 1.03 bits per heavy atom. The van der Waals surface area contributed by atoms with E-state index in [1.165, 1.54) is 0 Å². The Morgan fingerprint density at radius 2 is 1.69 bits per heavy atom. The standard InChI is InChI=1S/C26H36N2O7/c1-16(2)11-20(23(32)26(14-30)15-35-26)27-25(34)21(13-29)28-24(33)19-10-6-9-18(12-19)22(31)17-7-4-3-5-8-17/h3-5,7-8,16,18-21,29-30H,6,9-15H2,1-2H3,(H,27,34)(H,28,33)/t18?,19?,20?,21?,26-/m1/s1. The van der Waals surface area contributed by atoms with Gasteiger partial charge < -0.3 is 25.6 Å². The number of epoxide rings is 1. The number of rotatable bonds is 12. The number of benzene rings is 1. The molecular weight excluding hydrogens is 452 g/mol. The van der Waals surface area contributed by atoms with Gasteiger partial charge in [0.1, 0.15) is 6.04 Å².